The Morgan fingerprint density at radius 3 is 2.72 bits per heavy atom. The molecule has 0 radical (unpaired) electrons. The van der Waals surface area contributed by atoms with Crippen molar-refractivity contribution in [3.8, 4) is 0 Å². The minimum atomic E-state index is -1.11. The second-order valence-corrected chi connectivity index (χ2v) is 6.26. The summed E-state index contributed by atoms with van der Waals surface area (Å²) in [6.07, 6.45) is 5.91. The third-order valence-corrected chi connectivity index (χ3v) is 4.66. The highest BCUT2D eigenvalue weighted by Crippen LogP contribution is 2.38. The van der Waals surface area contributed by atoms with Gasteiger partial charge in [-0.2, -0.15) is 5.10 Å². The van der Waals surface area contributed by atoms with Gasteiger partial charge in [0.05, 0.1) is 17.6 Å². The van der Waals surface area contributed by atoms with Gasteiger partial charge in [0.15, 0.2) is 5.54 Å². The number of likely N-dealkylation sites (N-methyl/N-ethyl adjacent to an activating group) is 1. The molecule has 0 aromatic carbocycles. The van der Waals surface area contributed by atoms with E-state index < -0.39 is 5.54 Å². The number of nitrogens with one attached hydrogen (secondary N) is 1. The first kappa shape index (κ1) is 17.1. The molecule has 2 aromatic rings. The maximum Gasteiger partial charge on any atom is 0.252 e. The Morgan fingerprint density at radius 2 is 2.12 bits per heavy atom. The molecule has 0 aliphatic carbocycles. The molecule has 1 saturated heterocycles. The van der Waals surface area contributed by atoms with Crippen LogP contribution in [0, 0.1) is 13.8 Å². The normalized spacial score (nSPS) is 19.9. The molecular formula is C17H22N6O2. The minimum absolute atomic E-state index is 0.0959. The van der Waals surface area contributed by atoms with Gasteiger partial charge in [0.2, 0.25) is 5.91 Å². The highest BCUT2D eigenvalue weighted by molar-refractivity contribution is 5.92. The molecule has 3 heterocycles. The number of nitrogens with zero attached hydrogens (tertiary/aromatic N) is 5. The Kier molecular flexibility index (Phi) is 4.52. The average Bonchev–Trinajstić information content (AvgIpc) is 3.19. The molecule has 0 spiro atoms. The number of carbonyl (C=O) groups is 2. The van der Waals surface area contributed by atoms with Gasteiger partial charge < -0.3 is 10.2 Å². The van der Waals surface area contributed by atoms with Gasteiger partial charge in [0, 0.05) is 31.7 Å². The summed E-state index contributed by atoms with van der Waals surface area (Å²) in [4.78, 5) is 35.8. The lowest BCUT2D eigenvalue weighted by atomic mass is 9.90. The van der Waals surface area contributed by atoms with Gasteiger partial charge in [-0.3, -0.25) is 24.2 Å². The van der Waals surface area contributed by atoms with Gasteiger partial charge in [-0.1, -0.05) is 0 Å². The van der Waals surface area contributed by atoms with Crippen molar-refractivity contribution in [1.29, 1.82) is 0 Å². The van der Waals surface area contributed by atoms with Gasteiger partial charge >= 0.3 is 0 Å². The minimum Gasteiger partial charge on any atom is -0.357 e. The fourth-order valence-corrected chi connectivity index (χ4v) is 3.54. The SMILES string of the molecule is CNC(=O)[C@@]1(c2cnccn2)CCCN1C(=O)Cn1nc(C)cc1C. The van der Waals surface area contributed by atoms with Crippen molar-refractivity contribution >= 4 is 11.8 Å². The number of hydrogen-bond acceptors (Lipinski definition) is 5. The second kappa shape index (κ2) is 6.62. The zero-order valence-electron chi connectivity index (χ0n) is 14.7. The number of aryl methyl sites for hydroxylation is 2. The quantitative estimate of drug-likeness (QED) is 0.876. The molecule has 1 aliphatic heterocycles. The number of hydrogen-bond donors (Lipinski definition) is 1. The van der Waals surface area contributed by atoms with Crippen LogP contribution < -0.4 is 5.32 Å². The summed E-state index contributed by atoms with van der Waals surface area (Å²) in [6.45, 7) is 4.39. The first-order valence-electron chi connectivity index (χ1n) is 8.29. The van der Waals surface area contributed by atoms with Crippen molar-refractivity contribution in [2.24, 2.45) is 0 Å². The lowest BCUT2D eigenvalue weighted by Gasteiger charge is -2.36. The van der Waals surface area contributed by atoms with Gasteiger partial charge in [0.25, 0.3) is 5.91 Å². The fraction of sp³-hybridized carbons (Fsp3) is 0.471. The molecule has 132 valence electrons. The molecule has 1 fully saturated rings. The lowest BCUT2D eigenvalue weighted by molar-refractivity contribution is -0.146. The molecule has 2 amide bonds. The first-order chi connectivity index (χ1) is 12.0. The Morgan fingerprint density at radius 1 is 1.32 bits per heavy atom. The van der Waals surface area contributed by atoms with E-state index in [-0.39, 0.29) is 18.4 Å². The van der Waals surface area contributed by atoms with E-state index in [1.165, 1.54) is 0 Å². The number of carbonyl (C=O) groups excluding carboxylic acids is 2. The van der Waals surface area contributed by atoms with Crippen LogP contribution in [0.4, 0.5) is 0 Å². The number of rotatable bonds is 4. The largest absolute Gasteiger partial charge is 0.357 e. The van der Waals surface area contributed by atoms with Crippen LogP contribution >= 0.6 is 0 Å². The predicted octanol–water partition coefficient (Wildman–Crippen LogP) is 0.554. The van der Waals surface area contributed by atoms with Gasteiger partial charge in [0.1, 0.15) is 6.54 Å². The molecule has 1 atom stereocenters. The summed E-state index contributed by atoms with van der Waals surface area (Å²) in [7, 11) is 1.57. The summed E-state index contributed by atoms with van der Waals surface area (Å²) in [5.41, 5.74) is 1.15. The maximum absolute atomic E-state index is 13.0. The summed E-state index contributed by atoms with van der Waals surface area (Å²) in [5.74, 6) is -0.398. The van der Waals surface area contributed by atoms with Gasteiger partial charge in [-0.05, 0) is 32.8 Å². The van der Waals surface area contributed by atoms with Crippen LogP contribution in [0.25, 0.3) is 0 Å². The zero-order chi connectivity index (χ0) is 18.0. The molecule has 8 nitrogen and oxygen atoms in total. The first-order valence-corrected chi connectivity index (χ1v) is 8.29. The van der Waals surface area contributed by atoms with Crippen molar-refractivity contribution < 1.29 is 9.59 Å². The van der Waals surface area contributed by atoms with Gasteiger partial charge in [-0.25, -0.2) is 0 Å². The third-order valence-electron chi connectivity index (χ3n) is 4.66. The van der Waals surface area contributed by atoms with E-state index in [0.717, 1.165) is 17.8 Å². The summed E-state index contributed by atoms with van der Waals surface area (Å²) in [5, 5.41) is 7.04. The van der Waals surface area contributed by atoms with Gasteiger partial charge in [-0.15, -0.1) is 0 Å². The monoisotopic (exact) mass is 342 g/mol. The van der Waals surface area contributed by atoms with E-state index in [9.17, 15) is 9.59 Å². The molecular weight excluding hydrogens is 320 g/mol. The van der Waals surface area contributed by atoms with Crippen LogP contribution in [0.5, 0.6) is 0 Å². The van der Waals surface area contributed by atoms with Crippen LogP contribution in [0.15, 0.2) is 24.7 Å². The van der Waals surface area contributed by atoms with E-state index in [2.05, 4.69) is 20.4 Å². The highest BCUT2D eigenvalue weighted by atomic mass is 16.2. The molecule has 8 heteroatoms. The zero-order valence-corrected chi connectivity index (χ0v) is 14.7. The van der Waals surface area contributed by atoms with Crippen LogP contribution in [0.1, 0.15) is 29.9 Å². The lowest BCUT2D eigenvalue weighted by Crippen LogP contribution is -2.55. The van der Waals surface area contributed by atoms with Crippen molar-refractivity contribution in [3.05, 3.63) is 41.7 Å². The van der Waals surface area contributed by atoms with Crippen LogP contribution in [-0.4, -0.2) is 50.1 Å². The van der Waals surface area contributed by atoms with E-state index in [1.807, 2.05) is 19.9 Å². The van der Waals surface area contributed by atoms with Crippen molar-refractivity contribution in [3.63, 3.8) is 0 Å². The molecule has 3 rings (SSSR count). The van der Waals surface area contributed by atoms with E-state index in [1.54, 1.807) is 35.2 Å². The highest BCUT2D eigenvalue weighted by Gasteiger charge is 2.52. The summed E-state index contributed by atoms with van der Waals surface area (Å²) in [6, 6.07) is 1.92. The Balaban J connectivity index is 1.97. The molecule has 2 aromatic heterocycles. The molecule has 25 heavy (non-hydrogen) atoms. The van der Waals surface area contributed by atoms with Crippen molar-refractivity contribution in [1.82, 2.24) is 30.0 Å². The molecule has 0 bridgehead atoms. The fourth-order valence-electron chi connectivity index (χ4n) is 3.54. The smallest absolute Gasteiger partial charge is 0.252 e. The number of aromatic nitrogens is 4. The van der Waals surface area contributed by atoms with Crippen LogP contribution in [-0.2, 0) is 21.7 Å². The Bertz CT molecular complexity index is 788. The van der Waals surface area contributed by atoms with E-state index >= 15 is 0 Å². The predicted molar refractivity (Wildman–Crippen MR) is 90.4 cm³/mol. The molecule has 1 aliphatic rings. The number of likely N-dealkylation sites (tertiary alicyclic amines) is 1. The second-order valence-electron chi connectivity index (χ2n) is 6.26. The molecule has 0 unspecified atom stereocenters. The Labute approximate surface area is 146 Å². The standard InChI is InChI=1S/C17H22N6O2/c1-12-9-13(2)23(21-12)11-15(24)22-8-4-5-17(22,16(25)18-3)14-10-19-6-7-20-14/h6-7,9-10H,4-5,8,11H2,1-3H3,(H,18,25)/t17-/m0/s1. The third kappa shape index (κ3) is 2.88. The van der Waals surface area contributed by atoms with Crippen molar-refractivity contribution in [2.45, 2.75) is 38.8 Å². The summed E-state index contributed by atoms with van der Waals surface area (Å²) < 4.78 is 1.67. The van der Waals surface area contributed by atoms with Crippen LogP contribution in [0.2, 0.25) is 0 Å². The topological polar surface area (TPSA) is 93.0 Å². The van der Waals surface area contributed by atoms with Crippen LogP contribution in [0.3, 0.4) is 0 Å². The Hall–Kier alpha value is -2.77. The maximum atomic E-state index is 13.0. The molecule has 1 N–H and O–H groups in total. The average molecular weight is 342 g/mol. The van der Waals surface area contributed by atoms with Crippen molar-refractivity contribution in [2.75, 3.05) is 13.6 Å². The molecule has 0 saturated carbocycles. The van der Waals surface area contributed by atoms with E-state index in [0.29, 0.717) is 18.7 Å². The number of amides is 2. The van der Waals surface area contributed by atoms with E-state index in [4.69, 9.17) is 0 Å². The summed E-state index contributed by atoms with van der Waals surface area (Å²) >= 11 is 0.